The Hall–Kier alpha value is -1.60. The Bertz CT molecular complexity index is 487. The molecular formula is C18H20O. The van der Waals surface area contributed by atoms with Gasteiger partial charge < -0.3 is 4.74 Å². The van der Waals surface area contributed by atoms with Gasteiger partial charge in [0.25, 0.3) is 0 Å². The fourth-order valence-electron chi connectivity index (χ4n) is 2.51. The average Bonchev–Trinajstić information content (AvgIpc) is 3.28. The molecule has 0 saturated carbocycles. The first-order valence-electron chi connectivity index (χ1n) is 7.15. The summed E-state index contributed by atoms with van der Waals surface area (Å²) >= 11 is 0. The lowest BCUT2D eigenvalue weighted by Gasteiger charge is -2.01. The lowest BCUT2D eigenvalue weighted by molar-refractivity contribution is 0.377. The molecule has 1 aliphatic heterocycles. The Morgan fingerprint density at radius 3 is 1.37 bits per heavy atom. The molecule has 1 fully saturated rings. The third-order valence-corrected chi connectivity index (χ3v) is 3.92. The number of ether oxygens (including phenoxy) is 1. The number of epoxide rings is 1. The van der Waals surface area contributed by atoms with E-state index in [1.807, 2.05) is 0 Å². The lowest BCUT2D eigenvalue weighted by atomic mass is 10.0. The Morgan fingerprint density at radius 1 is 0.684 bits per heavy atom. The monoisotopic (exact) mass is 252 g/mol. The third kappa shape index (κ3) is 2.57. The fraction of sp³-hybridized carbons (Fsp3) is 0.333. The predicted octanol–water partition coefficient (Wildman–Crippen LogP) is 4.62. The molecule has 2 atom stereocenters. The maximum atomic E-state index is 5.84. The summed E-state index contributed by atoms with van der Waals surface area (Å²) < 4.78 is 5.84. The minimum atomic E-state index is 0.249. The van der Waals surface area contributed by atoms with E-state index >= 15 is 0 Å². The molecule has 3 rings (SSSR count). The highest BCUT2D eigenvalue weighted by molar-refractivity contribution is 5.33. The summed E-state index contributed by atoms with van der Waals surface area (Å²) in [6, 6.07) is 17.6. The summed E-state index contributed by atoms with van der Waals surface area (Å²) in [5.41, 5.74) is 5.35. The van der Waals surface area contributed by atoms with Crippen molar-refractivity contribution in [1.29, 1.82) is 0 Å². The molecule has 98 valence electrons. The van der Waals surface area contributed by atoms with Gasteiger partial charge in [0.2, 0.25) is 0 Å². The largest absolute Gasteiger partial charge is 0.359 e. The van der Waals surface area contributed by atoms with E-state index in [0.717, 1.165) is 12.8 Å². The number of aryl methyl sites for hydroxylation is 2. The highest BCUT2D eigenvalue weighted by atomic mass is 16.6. The zero-order valence-corrected chi connectivity index (χ0v) is 11.6. The van der Waals surface area contributed by atoms with Crippen LogP contribution in [0, 0.1) is 0 Å². The van der Waals surface area contributed by atoms with E-state index in [1.54, 1.807) is 0 Å². The van der Waals surface area contributed by atoms with Crippen molar-refractivity contribution < 1.29 is 4.74 Å². The molecule has 19 heavy (non-hydrogen) atoms. The van der Waals surface area contributed by atoms with Gasteiger partial charge in [0.05, 0.1) is 0 Å². The minimum absolute atomic E-state index is 0.249. The van der Waals surface area contributed by atoms with E-state index in [2.05, 4.69) is 62.4 Å². The Morgan fingerprint density at radius 2 is 1.05 bits per heavy atom. The summed E-state index contributed by atoms with van der Waals surface area (Å²) in [5, 5.41) is 0. The van der Waals surface area contributed by atoms with Gasteiger partial charge in [0, 0.05) is 0 Å². The second-order valence-electron chi connectivity index (χ2n) is 5.17. The zero-order chi connectivity index (χ0) is 13.2. The van der Waals surface area contributed by atoms with E-state index in [0.29, 0.717) is 0 Å². The minimum Gasteiger partial charge on any atom is -0.359 e. The van der Waals surface area contributed by atoms with Crippen molar-refractivity contribution in [3.05, 3.63) is 70.8 Å². The van der Waals surface area contributed by atoms with E-state index in [9.17, 15) is 0 Å². The van der Waals surface area contributed by atoms with Crippen LogP contribution in [0.1, 0.15) is 48.3 Å². The Labute approximate surface area is 115 Å². The molecule has 2 aromatic carbocycles. The van der Waals surface area contributed by atoms with Gasteiger partial charge in [-0.3, -0.25) is 0 Å². The highest BCUT2D eigenvalue weighted by Gasteiger charge is 2.41. The van der Waals surface area contributed by atoms with Crippen molar-refractivity contribution in [2.24, 2.45) is 0 Å². The van der Waals surface area contributed by atoms with E-state index < -0.39 is 0 Å². The Kier molecular flexibility index (Phi) is 3.39. The van der Waals surface area contributed by atoms with Gasteiger partial charge in [-0.25, -0.2) is 0 Å². The SMILES string of the molecule is CCc1ccc([C@H]2O[C@H]2c2ccc(CC)cc2)cc1. The van der Waals surface area contributed by atoms with Gasteiger partial charge in [-0.1, -0.05) is 62.4 Å². The molecule has 0 bridgehead atoms. The molecular weight excluding hydrogens is 232 g/mol. The summed E-state index contributed by atoms with van der Waals surface area (Å²) in [6.45, 7) is 4.36. The molecule has 0 N–H and O–H groups in total. The third-order valence-electron chi connectivity index (χ3n) is 3.92. The van der Waals surface area contributed by atoms with E-state index in [1.165, 1.54) is 22.3 Å². The van der Waals surface area contributed by atoms with Crippen LogP contribution in [-0.4, -0.2) is 0 Å². The van der Waals surface area contributed by atoms with Crippen LogP contribution in [-0.2, 0) is 17.6 Å². The molecule has 0 amide bonds. The number of hydrogen-bond acceptors (Lipinski definition) is 1. The van der Waals surface area contributed by atoms with Crippen LogP contribution >= 0.6 is 0 Å². The van der Waals surface area contributed by atoms with Gasteiger partial charge in [0.15, 0.2) is 0 Å². The highest BCUT2D eigenvalue weighted by Crippen LogP contribution is 2.50. The number of benzene rings is 2. The molecule has 0 aliphatic carbocycles. The maximum Gasteiger partial charge on any atom is 0.114 e. The van der Waals surface area contributed by atoms with Crippen LogP contribution < -0.4 is 0 Å². The average molecular weight is 252 g/mol. The topological polar surface area (TPSA) is 12.5 Å². The normalized spacial score (nSPS) is 21.4. The molecule has 2 aromatic rings. The van der Waals surface area contributed by atoms with Gasteiger partial charge >= 0.3 is 0 Å². The quantitative estimate of drug-likeness (QED) is 0.723. The van der Waals surface area contributed by atoms with Crippen LogP contribution in [0.4, 0.5) is 0 Å². The summed E-state index contributed by atoms with van der Waals surface area (Å²) in [4.78, 5) is 0. The molecule has 1 aliphatic rings. The van der Waals surface area contributed by atoms with E-state index in [-0.39, 0.29) is 12.2 Å². The molecule has 0 unspecified atom stereocenters. The number of rotatable bonds is 4. The molecule has 1 nitrogen and oxygen atoms in total. The van der Waals surface area contributed by atoms with Gasteiger partial charge in [0.1, 0.15) is 12.2 Å². The van der Waals surface area contributed by atoms with Gasteiger partial charge in [-0.05, 0) is 35.1 Å². The smallest absolute Gasteiger partial charge is 0.114 e. The summed E-state index contributed by atoms with van der Waals surface area (Å²) in [6.07, 6.45) is 2.68. The second kappa shape index (κ2) is 5.18. The van der Waals surface area contributed by atoms with Crippen molar-refractivity contribution >= 4 is 0 Å². The van der Waals surface area contributed by atoms with Gasteiger partial charge in [-0.15, -0.1) is 0 Å². The standard InChI is InChI=1S/C18H20O/c1-3-13-5-9-15(10-6-13)17-18(19-17)16-11-7-14(4-2)8-12-16/h5-12,17-18H,3-4H2,1-2H3/t17-,18+. The van der Waals surface area contributed by atoms with Crippen molar-refractivity contribution in [3.63, 3.8) is 0 Å². The predicted molar refractivity (Wildman–Crippen MR) is 78.2 cm³/mol. The van der Waals surface area contributed by atoms with Crippen LogP contribution in [0.5, 0.6) is 0 Å². The lowest BCUT2D eigenvalue weighted by Crippen LogP contribution is -1.87. The molecule has 0 aromatic heterocycles. The maximum absolute atomic E-state index is 5.84. The van der Waals surface area contributed by atoms with E-state index in [4.69, 9.17) is 4.74 Å². The van der Waals surface area contributed by atoms with Crippen LogP contribution in [0.2, 0.25) is 0 Å². The molecule has 1 heteroatoms. The van der Waals surface area contributed by atoms with Crippen LogP contribution in [0.25, 0.3) is 0 Å². The zero-order valence-electron chi connectivity index (χ0n) is 11.6. The van der Waals surface area contributed by atoms with Gasteiger partial charge in [-0.2, -0.15) is 0 Å². The van der Waals surface area contributed by atoms with Crippen molar-refractivity contribution in [3.8, 4) is 0 Å². The second-order valence-corrected chi connectivity index (χ2v) is 5.17. The molecule has 1 saturated heterocycles. The van der Waals surface area contributed by atoms with Crippen molar-refractivity contribution in [1.82, 2.24) is 0 Å². The first-order chi connectivity index (χ1) is 9.31. The summed E-state index contributed by atoms with van der Waals surface area (Å²) in [7, 11) is 0. The van der Waals surface area contributed by atoms with Crippen LogP contribution in [0.3, 0.4) is 0 Å². The Balaban J connectivity index is 1.72. The van der Waals surface area contributed by atoms with Crippen molar-refractivity contribution in [2.75, 3.05) is 0 Å². The first-order valence-corrected chi connectivity index (χ1v) is 7.15. The number of hydrogen-bond donors (Lipinski definition) is 0. The van der Waals surface area contributed by atoms with Crippen molar-refractivity contribution in [2.45, 2.75) is 38.9 Å². The first kappa shape index (κ1) is 12.4. The molecule has 0 spiro atoms. The van der Waals surface area contributed by atoms with Crippen LogP contribution in [0.15, 0.2) is 48.5 Å². The molecule has 0 radical (unpaired) electrons. The summed E-state index contributed by atoms with van der Waals surface area (Å²) in [5.74, 6) is 0. The fourth-order valence-corrected chi connectivity index (χ4v) is 2.51. The molecule has 1 heterocycles.